The Morgan fingerprint density at radius 1 is 1.42 bits per heavy atom. The number of nitrogen functional groups attached to an aromatic ring is 1. The van der Waals surface area contributed by atoms with Crippen molar-refractivity contribution in [2.45, 2.75) is 19.1 Å². The first-order valence-electron chi connectivity index (χ1n) is 5.67. The summed E-state index contributed by atoms with van der Waals surface area (Å²) < 4.78 is 36.2. The molecule has 0 unspecified atom stereocenters. The molecule has 19 heavy (non-hydrogen) atoms. The third kappa shape index (κ3) is 5.71. The first-order chi connectivity index (χ1) is 8.81. The smallest absolute Gasteiger partial charge is 0.302 e. The molecule has 0 aliphatic rings. The van der Waals surface area contributed by atoms with Gasteiger partial charge in [-0.1, -0.05) is 12.1 Å². The van der Waals surface area contributed by atoms with Gasteiger partial charge in [0.25, 0.3) is 5.91 Å². The van der Waals surface area contributed by atoms with Gasteiger partial charge in [-0.2, -0.15) is 13.2 Å². The van der Waals surface area contributed by atoms with E-state index in [-0.39, 0.29) is 6.54 Å². The van der Waals surface area contributed by atoms with Crippen molar-refractivity contribution in [1.82, 2.24) is 10.3 Å². The molecule has 0 saturated heterocycles. The number of hydrogen-bond donors (Lipinski definition) is 2. The van der Waals surface area contributed by atoms with Gasteiger partial charge in [0, 0.05) is 18.7 Å². The van der Waals surface area contributed by atoms with Crippen LogP contribution in [0.15, 0.2) is 24.3 Å². The van der Waals surface area contributed by atoms with Gasteiger partial charge in [0.15, 0.2) is 0 Å². The van der Waals surface area contributed by atoms with E-state index in [2.05, 4.69) is 0 Å². The number of nitrogens with two attached hydrogens (primary N) is 1. The Kier molecular flexibility index (Phi) is 5.31. The second-order valence-corrected chi connectivity index (χ2v) is 4.28. The number of carbonyl (C=O) groups is 1. The van der Waals surface area contributed by atoms with Gasteiger partial charge in [-0.05, 0) is 24.7 Å². The van der Waals surface area contributed by atoms with Crippen molar-refractivity contribution in [1.29, 1.82) is 0 Å². The fraction of sp³-hybridized carbons (Fsp3) is 0.417. The lowest BCUT2D eigenvalue weighted by Crippen LogP contribution is -2.30. The number of hydrazine groups is 1. The van der Waals surface area contributed by atoms with Crippen LogP contribution in [0.2, 0.25) is 0 Å². The molecule has 0 saturated carbocycles. The molecule has 7 heteroatoms. The van der Waals surface area contributed by atoms with Crippen molar-refractivity contribution in [3.8, 4) is 0 Å². The monoisotopic (exact) mass is 275 g/mol. The molecular weight excluding hydrogens is 259 g/mol. The summed E-state index contributed by atoms with van der Waals surface area (Å²) in [7, 11) is 1.60. The molecule has 0 spiro atoms. The number of hydrogen-bond acceptors (Lipinski definition) is 3. The average molecular weight is 275 g/mol. The SMILES string of the molecule is CN(CCC(F)(F)F)Cc1cccc(C(=O)NN)c1. The van der Waals surface area contributed by atoms with Gasteiger partial charge >= 0.3 is 6.18 Å². The summed E-state index contributed by atoms with van der Waals surface area (Å²) in [6.07, 6.45) is -5.01. The van der Waals surface area contributed by atoms with Crippen LogP contribution in [0, 0.1) is 0 Å². The molecule has 3 N–H and O–H groups in total. The van der Waals surface area contributed by atoms with Crippen LogP contribution in [0.5, 0.6) is 0 Å². The minimum Gasteiger partial charge on any atom is -0.302 e. The third-order valence-corrected chi connectivity index (χ3v) is 2.55. The van der Waals surface area contributed by atoms with E-state index >= 15 is 0 Å². The second-order valence-electron chi connectivity index (χ2n) is 4.28. The maximum atomic E-state index is 12.1. The number of nitrogens with one attached hydrogen (secondary N) is 1. The molecule has 4 nitrogen and oxygen atoms in total. The molecule has 106 valence electrons. The summed E-state index contributed by atoms with van der Waals surface area (Å²) in [6, 6.07) is 6.60. The van der Waals surface area contributed by atoms with Crippen molar-refractivity contribution in [2.75, 3.05) is 13.6 Å². The van der Waals surface area contributed by atoms with Gasteiger partial charge in [0.05, 0.1) is 6.42 Å². The Morgan fingerprint density at radius 3 is 2.68 bits per heavy atom. The summed E-state index contributed by atoms with van der Waals surface area (Å²) in [5.41, 5.74) is 3.14. The molecule has 0 heterocycles. The number of benzene rings is 1. The third-order valence-electron chi connectivity index (χ3n) is 2.55. The lowest BCUT2D eigenvalue weighted by molar-refractivity contribution is -0.137. The van der Waals surface area contributed by atoms with Crippen LogP contribution in [0.1, 0.15) is 22.3 Å². The van der Waals surface area contributed by atoms with Crippen LogP contribution >= 0.6 is 0 Å². The van der Waals surface area contributed by atoms with Crippen LogP contribution in [0.3, 0.4) is 0 Å². The maximum Gasteiger partial charge on any atom is 0.390 e. The molecule has 0 aliphatic carbocycles. The highest BCUT2D eigenvalue weighted by atomic mass is 19.4. The summed E-state index contributed by atoms with van der Waals surface area (Å²) in [6.45, 7) is 0.249. The van der Waals surface area contributed by atoms with Crippen molar-refractivity contribution in [3.63, 3.8) is 0 Å². The maximum absolute atomic E-state index is 12.1. The van der Waals surface area contributed by atoms with Crippen molar-refractivity contribution in [2.24, 2.45) is 5.84 Å². The van der Waals surface area contributed by atoms with E-state index in [1.54, 1.807) is 36.2 Å². The molecular formula is C12H16F3N3O. The van der Waals surface area contributed by atoms with E-state index in [0.717, 1.165) is 5.56 Å². The van der Waals surface area contributed by atoms with Crippen LogP contribution in [0.4, 0.5) is 13.2 Å². The molecule has 1 rings (SSSR count). The number of carbonyl (C=O) groups excluding carboxylic acids is 1. The van der Waals surface area contributed by atoms with Crippen molar-refractivity contribution in [3.05, 3.63) is 35.4 Å². The summed E-state index contributed by atoms with van der Waals surface area (Å²) in [5.74, 6) is 4.59. The first-order valence-corrected chi connectivity index (χ1v) is 5.67. The van der Waals surface area contributed by atoms with Gasteiger partial charge < -0.3 is 4.90 Å². The summed E-state index contributed by atoms with van der Waals surface area (Å²) in [4.78, 5) is 12.9. The van der Waals surface area contributed by atoms with Gasteiger partial charge in [-0.25, -0.2) is 5.84 Å². The zero-order chi connectivity index (χ0) is 14.5. The minimum atomic E-state index is -4.16. The Hall–Kier alpha value is -1.60. The fourth-order valence-electron chi connectivity index (χ4n) is 1.60. The van der Waals surface area contributed by atoms with E-state index in [1.165, 1.54) is 0 Å². The fourth-order valence-corrected chi connectivity index (χ4v) is 1.60. The minimum absolute atomic E-state index is 0.0865. The van der Waals surface area contributed by atoms with E-state index in [9.17, 15) is 18.0 Å². The highest BCUT2D eigenvalue weighted by Gasteiger charge is 2.27. The van der Waals surface area contributed by atoms with E-state index in [1.807, 2.05) is 5.43 Å². The predicted molar refractivity (Wildman–Crippen MR) is 65.1 cm³/mol. The zero-order valence-corrected chi connectivity index (χ0v) is 10.5. The molecule has 0 bridgehead atoms. The molecule has 0 fully saturated rings. The Balaban J connectivity index is 2.59. The first kappa shape index (κ1) is 15.5. The quantitative estimate of drug-likeness (QED) is 0.488. The lowest BCUT2D eigenvalue weighted by atomic mass is 10.1. The molecule has 0 radical (unpaired) electrons. The number of amides is 1. The van der Waals surface area contributed by atoms with Crippen LogP contribution in [-0.4, -0.2) is 30.6 Å². The lowest BCUT2D eigenvalue weighted by Gasteiger charge is -2.18. The molecule has 1 aromatic carbocycles. The second kappa shape index (κ2) is 6.53. The van der Waals surface area contributed by atoms with Crippen LogP contribution in [0.25, 0.3) is 0 Å². The summed E-state index contributed by atoms with van der Waals surface area (Å²) in [5, 5.41) is 0. The molecule has 0 atom stereocenters. The Morgan fingerprint density at radius 2 is 2.11 bits per heavy atom. The molecule has 0 aliphatic heterocycles. The number of nitrogens with zero attached hydrogens (tertiary/aromatic N) is 1. The van der Waals surface area contributed by atoms with Gasteiger partial charge in [0.1, 0.15) is 0 Å². The number of halogens is 3. The largest absolute Gasteiger partial charge is 0.390 e. The van der Waals surface area contributed by atoms with Crippen molar-refractivity contribution < 1.29 is 18.0 Å². The molecule has 1 amide bonds. The van der Waals surface area contributed by atoms with Crippen LogP contribution in [-0.2, 0) is 6.54 Å². The molecule has 1 aromatic rings. The van der Waals surface area contributed by atoms with E-state index in [0.29, 0.717) is 12.1 Å². The van der Waals surface area contributed by atoms with E-state index in [4.69, 9.17) is 5.84 Å². The summed E-state index contributed by atoms with van der Waals surface area (Å²) >= 11 is 0. The zero-order valence-electron chi connectivity index (χ0n) is 10.5. The number of rotatable bonds is 5. The Bertz CT molecular complexity index is 434. The topological polar surface area (TPSA) is 58.4 Å². The van der Waals surface area contributed by atoms with Crippen molar-refractivity contribution >= 4 is 5.91 Å². The Labute approximate surface area is 109 Å². The number of alkyl halides is 3. The standard InChI is InChI=1S/C12H16F3N3O/c1-18(6-5-12(13,14)15)8-9-3-2-4-10(7-9)11(19)17-16/h2-4,7H,5-6,8,16H2,1H3,(H,17,19). The predicted octanol–water partition coefficient (Wildman–Crippen LogP) is 1.67. The normalized spacial score (nSPS) is 11.7. The van der Waals surface area contributed by atoms with Gasteiger partial charge in [0.2, 0.25) is 0 Å². The van der Waals surface area contributed by atoms with Gasteiger partial charge in [-0.3, -0.25) is 10.2 Å². The average Bonchev–Trinajstić information content (AvgIpc) is 2.35. The van der Waals surface area contributed by atoms with E-state index < -0.39 is 18.5 Å². The highest BCUT2D eigenvalue weighted by molar-refractivity contribution is 5.93. The highest BCUT2D eigenvalue weighted by Crippen LogP contribution is 2.20. The molecule has 0 aromatic heterocycles. The van der Waals surface area contributed by atoms with Crippen LogP contribution < -0.4 is 11.3 Å². The van der Waals surface area contributed by atoms with Gasteiger partial charge in [-0.15, -0.1) is 0 Å².